The standard InChI is InChI=1S/C15H26N4O7S2/c1-28-5-4-9(14(24)19-10(7-27)15(25)26)18-11(20)6-17-13(23)8(16)2-3-12(21)22/h8-10,27H,2-7,16H2,1H3,(H,17,23)(H,18,20)(H,19,24)(H,21,22)(H,25,26). The molecule has 3 amide bonds. The molecule has 0 heterocycles. The van der Waals surface area contributed by atoms with Crippen LogP contribution in [0.15, 0.2) is 0 Å². The van der Waals surface area contributed by atoms with Gasteiger partial charge in [0.1, 0.15) is 12.1 Å². The third kappa shape index (κ3) is 11.0. The number of carboxylic acids is 2. The van der Waals surface area contributed by atoms with E-state index in [1.165, 1.54) is 11.8 Å². The van der Waals surface area contributed by atoms with Crippen molar-refractivity contribution in [2.45, 2.75) is 37.4 Å². The molecule has 0 bridgehead atoms. The van der Waals surface area contributed by atoms with Gasteiger partial charge in [-0.05, 0) is 24.9 Å². The molecule has 0 aliphatic heterocycles. The van der Waals surface area contributed by atoms with Crippen molar-refractivity contribution in [1.29, 1.82) is 0 Å². The summed E-state index contributed by atoms with van der Waals surface area (Å²) in [6.07, 6.45) is 1.70. The van der Waals surface area contributed by atoms with E-state index in [1.807, 2.05) is 6.26 Å². The third-order valence-corrected chi connectivity index (χ3v) is 4.50. The van der Waals surface area contributed by atoms with E-state index in [-0.39, 0.29) is 25.0 Å². The molecule has 11 nitrogen and oxygen atoms in total. The van der Waals surface area contributed by atoms with Crippen molar-refractivity contribution in [2.24, 2.45) is 5.73 Å². The molecule has 0 aliphatic carbocycles. The van der Waals surface area contributed by atoms with Crippen LogP contribution in [0.3, 0.4) is 0 Å². The average molecular weight is 439 g/mol. The Balaban J connectivity index is 4.67. The molecule has 13 heteroatoms. The predicted molar refractivity (Wildman–Crippen MR) is 106 cm³/mol. The molecular weight excluding hydrogens is 412 g/mol. The third-order valence-electron chi connectivity index (χ3n) is 3.49. The van der Waals surface area contributed by atoms with Crippen LogP contribution < -0.4 is 21.7 Å². The van der Waals surface area contributed by atoms with Crippen molar-refractivity contribution in [3.8, 4) is 0 Å². The van der Waals surface area contributed by atoms with Gasteiger partial charge in [-0.15, -0.1) is 0 Å². The van der Waals surface area contributed by atoms with E-state index >= 15 is 0 Å². The van der Waals surface area contributed by atoms with Crippen molar-refractivity contribution in [2.75, 3.05) is 24.3 Å². The Morgan fingerprint density at radius 3 is 2.18 bits per heavy atom. The largest absolute Gasteiger partial charge is 0.481 e. The molecule has 7 N–H and O–H groups in total. The van der Waals surface area contributed by atoms with Crippen LogP contribution in [0.1, 0.15) is 19.3 Å². The highest BCUT2D eigenvalue weighted by molar-refractivity contribution is 7.98. The summed E-state index contributed by atoms with van der Waals surface area (Å²) in [7, 11) is 0. The first-order valence-corrected chi connectivity index (χ1v) is 10.3. The number of thioether (sulfide) groups is 1. The Labute approximate surface area is 172 Å². The summed E-state index contributed by atoms with van der Waals surface area (Å²) in [6.45, 7) is -0.461. The van der Waals surface area contributed by atoms with Crippen molar-refractivity contribution < 1.29 is 34.2 Å². The summed E-state index contributed by atoms with van der Waals surface area (Å²) < 4.78 is 0. The minimum Gasteiger partial charge on any atom is -0.481 e. The maximum atomic E-state index is 12.3. The lowest BCUT2D eigenvalue weighted by molar-refractivity contribution is -0.141. The fourth-order valence-electron chi connectivity index (χ4n) is 1.92. The fraction of sp³-hybridized carbons (Fsp3) is 0.667. The zero-order valence-corrected chi connectivity index (χ0v) is 17.1. The Morgan fingerprint density at radius 1 is 1.04 bits per heavy atom. The highest BCUT2D eigenvalue weighted by atomic mass is 32.2. The van der Waals surface area contributed by atoms with Gasteiger partial charge >= 0.3 is 11.9 Å². The SMILES string of the molecule is CSCCC(NC(=O)CNC(=O)C(N)CCC(=O)O)C(=O)NC(CS)C(=O)O. The molecular formula is C15H26N4O7S2. The molecule has 3 atom stereocenters. The zero-order valence-electron chi connectivity index (χ0n) is 15.3. The summed E-state index contributed by atoms with van der Waals surface area (Å²) in [6, 6.07) is -3.26. The van der Waals surface area contributed by atoms with Crippen molar-refractivity contribution in [1.82, 2.24) is 16.0 Å². The molecule has 0 spiro atoms. The monoisotopic (exact) mass is 438 g/mol. The number of hydrogen-bond acceptors (Lipinski definition) is 8. The Kier molecular flexibility index (Phi) is 13.1. The maximum Gasteiger partial charge on any atom is 0.327 e. The second-order valence-corrected chi connectivity index (χ2v) is 7.09. The van der Waals surface area contributed by atoms with E-state index in [9.17, 15) is 24.0 Å². The summed E-state index contributed by atoms with van der Waals surface area (Å²) >= 11 is 5.30. The van der Waals surface area contributed by atoms with Gasteiger partial charge in [0.2, 0.25) is 17.7 Å². The molecule has 0 aliphatic rings. The van der Waals surface area contributed by atoms with Crippen molar-refractivity contribution >= 4 is 54.1 Å². The highest BCUT2D eigenvalue weighted by Crippen LogP contribution is 2.02. The van der Waals surface area contributed by atoms with Gasteiger partial charge in [0.15, 0.2) is 0 Å². The van der Waals surface area contributed by atoms with Crippen LogP contribution in [0.2, 0.25) is 0 Å². The lowest BCUT2D eigenvalue weighted by atomic mass is 10.1. The number of amides is 3. The molecule has 0 radical (unpaired) electrons. The molecule has 0 saturated heterocycles. The number of carbonyl (C=O) groups excluding carboxylic acids is 3. The van der Waals surface area contributed by atoms with Crippen molar-refractivity contribution in [3.63, 3.8) is 0 Å². The number of nitrogens with one attached hydrogen (secondary N) is 3. The number of hydrogen-bond donors (Lipinski definition) is 7. The zero-order chi connectivity index (χ0) is 21.7. The Bertz CT molecular complexity index is 577. The number of carbonyl (C=O) groups is 5. The quantitative estimate of drug-likeness (QED) is 0.151. The molecule has 28 heavy (non-hydrogen) atoms. The maximum absolute atomic E-state index is 12.3. The topological polar surface area (TPSA) is 188 Å². The lowest BCUT2D eigenvalue weighted by Crippen LogP contribution is -2.54. The summed E-state index contributed by atoms with van der Waals surface area (Å²) in [5, 5.41) is 24.5. The van der Waals surface area contributed by atoms with Gasteiger partial charge in [0.25, 0.3) is 0 Å². The van der Waals surface area contributed by atoms with Crippen LogP contribution >= 0.6 is 24.4 Å². The van der Waals surface area contributed by atoms with Gasteiger partial charge in [-0.2, -0.15) is 24.4 Å². The second-order valence-electron chi connectivity index (χ2n) is 5.74. The van der Waals surface area contributed by atoms with Gasteiger partial charge in [0.05, 0.1) is 12.6 Å². The first kappa shape index (κ1) is 26.0. The highest BCUT2D eigenvalue weighted by Gasteiger charge is 2.26. The van der Waals surface area contributed by atoms with E-state index in [1.54, 1.807) is 0 Å². The second kappa shape index (κ2) is 14.1. The van der Waals surface area contributed by atoms with Gasteiger partial charge < -0.3 is 31.9 Å². The Morgan fingerprint density at radius 2 is 1.68 bits per heavy atom. The number of carboxylic acid groups (broad SMARTS) is 2. The molecule has 0 rings (SSSR count). The van der Waals surface area contributed by atoms with Crippen LogP contribution in [-0.2, 0) is 24.0 Å². The van der Waals surface area contributed by atoms with Crippen LogP contribution in [0.4, 0.5) is 0 Å². The van der Waals surface area contributed by atoms with E-state index in [0.717, 1.165) is 0 Å². The van der Waals surface area contributed by atoms with Crippen LogP contribution in [0.25, 0.3) is 0 Å². The number of aliphatic carboxylic acids is 2. The normalized spacial score (nSPS) is 13.7. The van der Waals surface area contributed by atoms with Crippen molar-refractivity contribution in [3.05, 3.63) is 0 Å². The molecule has 0 aromatic heterocycles. The number of rotatable bonds is 14. The molecule has 0 fully saturated rings. The summed E-state index contributed by atoms with van der Waals surface area (Å²) in [4.78, 5) is 57.5. The van der Waals surface area contributed by atoms with E-state index in [4.69, 9.17) is 15.9 Å². The molecule has 160 valence electrons. The van der Waals surface area contributed by atoms with Crippen LogP contribution in [-0.4, -0.2) is 82.3 Å². The van der Waals surface area contributed by atoms with E-state index < -0.39 is 54.3 Å². The molecule has 3 unspecified atom stereocenters. The summed E-state index contributed by atoms with van der Waals surface area (Å²) in [5.41, 5.74) is 5.53. The Hall–Kier alpha value is -1.99. The number of thiol groups is 1. The predicted octanol–water partition coefficient (Wildman–Crippen LogP) is -1.97. The smallest absolute Gasteiger partial charge is 0.327 e. The minimum atomic E-state index is -1.25. The molecule has 0 saturated carbocycles. The first-order valence-electron chi connectivity index (χ1n) is 8.29. The van der Waals surface area contributed by atoms with Crippen LogP contribution in [0, 0.1) is 0 Å². The number of nitrogens with two attached hydrogens (primary N) is 1. The van der Waals surface area contributed by atoms with Gasteiger partial charge in [0, 0.05) is 12.2 Å². The lowest BCUT2D eigenvalue weighted by Gasteiger charge is -2.21. The molecule has 0 aromatic rings. The van der Waals surface area contributed by atoms with Crippen LogP contribution in [0.5, 0.6) is 0 Å². The fourth-order valence-corrected chi connectivity index (χ4v) is 2.64. The minimum absolute atomic E-state index is 0.0815. The van der Waals surface area contributed by atoms with E-state index in [2.05, 4.69) is 28.6 Å². The van der Waals surface area contributed by atoms with Gasteiger partial charge in [-0.25, -0.2) is 4.79 Å². The first-order chi connectivity index (χ1) is 13.1. The summed E-state index contributed by atoms with van der Waals surface area (Å²) in [5.74, 6) is -3.96. The molecule has 0 aromatic carbocycles. The van der Waals surface area contributed by atoms with E-state index in [0.29, 0.717) is 5.75 Å². The van der Waals surface area contributed by atoms with Gasteiger partial charge in [-0.1, -0.05) is 0 Å². The average Bonchev–Trinajstić information content (AvgIpc) is 2.64. The van der Waals surface area contributed by atoms with Gasteiger partial charge in [-0.3, -0.25) is 19.2 Å².